The van der Waals surface area contributed by atoms with Gasteiger partial charge in [-0.1, -0.05) is 0 Å². The first-order valence-corrected chi connectivity index (χ1v) is 6.52. The molecule has 2 N–H and O–H groups in total. The standard InChI is InChI=1S/C11H15N3O2S/c1-11(4-2-6-17-11)7-13-10-12-5-3-8(14-10)9(15)16/h3,5H,2,4,6-7H2,1H3,(H,15,16)(H,12,13,14). The fourth-order valence-corrected chi connectivity index (χ4v) is 3.05. The van der Waals surface area contributed by atoms with Crippen molar-refractivity contribution >= 4 is 23.7 Å². The number of nitrogens with zero attached hydrogens (tertiary/aromatic N) is 2. The number of thioether (sulfide) groups is 1. The van der Waals surface area contributed by atoms with Crippen molar-refractivity contribution in [2.24, 2.45) is 0 Å². The van der Waals surface area contributed by atoms with Crippen LogP contribution >= 0.6 is 11.8 Å². The summed E-state index contributed by atoms with van der Waals surface area (Å²) in [6.45, 7) is 2.97. The van der Waals surface area contributed by atoms with Crippen LogP contribution in [-0.2, 0) is 0 Å². The number of aromatic carboxylic acids is 1. The molecule has 0 radical (unpaired) electrons. The summed E-state index contributed by atoms with van der Waals surface area (Å²) >= 11 is 1.94. The predicted molar refractivity (Wildman–Crippen MR) is 67.6 cm³/mol. The fraction of sp³-hybridized carbons (Fsp3) is 0.545. The lowest BCUT2D eigenvalue weighted by Gasteiger charge is -2.22. The maximum Gasteiger partial charge on any atom is 0.354 e. The van der Waals surface area contributed by atoms with Gasteiger partial charge in [-0.05, 0) is 31.6 Å². The average molecular weight is 253 g/mol. The van der Waals surface area contributed by atoms with Gasteiger partial charge < -0.3 is 10.4 Å². The van der Waals surface area contributed by atoms with E-state index in [-0.39, 0.29) is 10.4 Å². The molecule has 17 heavy (non-hydrogen) atoms. The van der Waals surface area contributed by atoms with Gasteiger partial charge in [-0.2, -0.15) is 11.8 Å². The van der Waals surface area contributed by atoms with Crippen LogP contribution < -0.4 is 5.32 Å². The highest BCUT2D eigenvalue weighted by molar-refractivity contribution is 8.00. The van der Waals surface area contributed by atoms with Crippen LogP contribution in [0.5, 0.6) is 0 Å². The van der Waals surface area contributed by atoms with Crippen LogP contribution in [0.3, 0.4) is 0 Å². The van der Waals surface area contributed by atoms with Crippen LogP contribution in [0, 0.1) is 0 Å². The number of hydrogen-bond acceptors (Lipinski definition) is 5. The maximum absolute atomic E-state index is 10.8. The molecular formula is C11H15N3O2S. The fourth-order valence-electron chi connectivity index (χ4n) is 1.81. The van der Waals surface area contributed by atoms with Gasteiger partial charge in [0.15, 0.2) is 5.69 Å². The maximum atomic E-state index is 10.8. The summed E-state index contributed by atoms with van der Waals surface area (Å²) in [7, 11) is 0. The topological polar surface area (TPSA) is 75.1 Å². The van der Waals surface area contributed by atoms with Gasteiger partial charge in [0.1, 0.15) is 0 Å². The summed E-state index contributed by atoms with van der Waals surface area (Å²) in [6, 6.07) is 1.39. The Morgan fingerprint density at radius 3 is 3.18 bits per heavy atom. The van der Waals surface area contributed by atoms with Gasteiger partial charge in [-0.25, -0.2) is 14.8 Å². The van der Waals surface area contributed by atoms with Gasteiger partial charge in [0.25, 0.3) is 0 Å². The third-order valence-corrected chi connectivity index (χ3v) is 4.33. The highest BCUT2D eigenvalue weighted by atomic mass is 32.2. The molecule has 1 aromatic rings. The molecule has 92 valence electrons. The number of hydrogen-bond donors (Lipinski definition) is 2. The number of carbonyl (C=O) groups is 1. The lowest BCUT2D eigenvalue weighted by molar-refractivity contribution is 0.0690. The highest BCUT2D eigenvalue weighted by Gasteiger charge is 2.29. The largest absolute Gasteiger partial charge is 0.477 e. The van der Waals surface area contributed by atoms with Gasteiger partial charge in [0, 0.05) is 17.5 Å². The Morgan fingerprint density at radius 1 is 1.71 bits per heavy atom. The Bertz CT molecular complexity index is 419. The van der Waals surface area contributed by atoms with Crippen LogP contribution in [0.1, 0.15) is 30.3 Å². The smallest absolute Gasteiger partial charge is 0.354 e. The van der Waals surface area contributed by atoms with Crippen molar-refractivity contribution in [1.29, 1.82) is 0 Å². The Hall–Kier alpha value is -1.30. The van der Waals surface area contributed by atoms with Crippen LogP contribution in [-0.4, -0.2) is 38.1 Å². The summed E-state index contributed by atoms with van der Waals surface area (Å²) in [6.07, 6.45) is 3.87. The van der Waals surface area contributed by atoms with Crippen LogP contribution in [0.25, 0.3) is 0 Å². The Balaban J connectivity index is 1.99. The molecule has 1 atom stereocenters. The quantitative estimate of drug-likeness (QED) is 0.853. The molecule has 1 saturated heterocycles. The second-order valence-corrected chi connectivity index (χ2v) is 6.01. The van der Waals surface area contributed by atoms with E-state index in [9.17, 15) is 4.79 Å². The molecule has 0 amide bonds. The van der Waals surface area contributed by atoms with E-state index in [4.69, 9.17) is 5.11 Å². The zero-order valence-corrected chi connectivity index (χ0v) is 10.5. The Labute approximate surface area is 104 Å². The van der Waals surface area contributed by atoms with Gasteiger partial charge in [0.2, 0.25) is 5.95 Å². The van der Waals surface area contributed by atoms with Gasteiger partial charge >= 0.3 is 5.97 Å². The first-order valence-electron chi connectivity index (χ1n) is 5.53. The van der Waals surface area contributed by atoms with E-state index >= 15 is 0 Å². The van der Waals surface area contributed by atoms with Crippen molar-refractivity contribution in [2.45, 2.75) is 24.5 Å². The Morgan fingerprint density at radius 2 is 2.53 bits per heavy atom. The van der Waals surface area contributed by atoms with E-state index < -0.39 is 5.97 Å². The summed E-state index contributed by atoms with van der Waals surface area (Å²) in [5.74, 6) is 0.546. The van der Waals surface area contributed by atoms with Gasteiger partial charge in [-0.15, -0.1) is 0 Å². The molecule has 1 aliphatic heterocycles. The normalized spacial score (nSPS) is 23.6. The van der Waals surface area contributed by atoms with Crippen LogP contribution in [0.15, 0.2) is 12.3 Å². The summed E-state index contributed by atoms with van der Waals surface area (Å²) in [5, 5.41) is 11.9. The predicted octanol–water partition coefficient (Wildman–Crippen LogP) is 1.87. The monoisotopic (exact) mass is 253 g/mol. The summed E-state index contributed by atoms with van der Waals surface area (Å²) < 4.78 is 0.211. The van der Waals surface area contributed by atoms with Crippen molar-refractivity contribution in [2.75, 3.05) is 17.6 Å². The van der Waals surface area contributed by atoms with Crippen molar-refractivity contribution in [3.05, 3.63) is 18.0 Å². The minimum atomic E-state index is -1.03. The number of rotatable bonds is 4. The van der Waals surface area contributed by atoms with E-state index in [1.165, 1.54) is 30.9 Å². The molecule has 1 aromatic heterocycles. The number of carboxylic acids is 1. The SMILES string of the molecule is CC1(CNc2nccc(C(=O)O)n2)CCCS1. The molecule has 1 aliphatic rings. The van der Waals surface area contributed by atoms with Crippen molar-refractivity contribution in [3.63, 3.8) is 0 Å². The number of nitrogens with one attached hydrogen (secondary N) is 1. The molecule has 0 aromatic carbocycles. The summed E-state index contributed by atoms with van der Waals surface area (Å²) in [5.41, 5.74) is 0.0201. The molecule has 1 unspecified atom stereocenters. The molecule has 5 nitrogen and oxygen atoms in total. The van der Waals surface area contributed by atoms with E-state index in [1.807, 2.05) is 11.8 Å². The molecule has 2 rings (SSSR count). The lowest BCUT2D eigenvalue weighted by atomic mass is 10.1. The molecule has 1 fully saturated rings. The first kappa shape index (κ1) is 12.2. The number of aromatic nitrogens is 2. The molecule has 6 heteroatoms. The first-order chi connectivity index (χ1) is 8.09. The van der Waals surface area contributed by atoms with Crippen LogP contribution in [0.4, 0.5) is 5.95 Å². The van der Waals surface area contributed by atoms with E-state index in [0.29, 0.717) is 5.95 Å². The molecule has 0 spiro atoms. The minimum absolute atomic E-state index is 0.0201. The van der Waals surface area contributed by atoms with E-state index in [2.05, 4.69) is 22.2 Å². The molecular weight excluding hydrogens is 238 g/mol. The van der Waals surface area contributed by atoms with Crippen molar-refractivity contribution in [3.8, 4) is 0 Å². The van der Waals surface area contributed by atoms with Gasteiger partial charge in [0.05, 0.1) is 0 Å². The van der Waals surface area contributed by atoms with Crippen molar-refractivity contribution in [1.82, 2.24) is 9.97 Å². The highest BCUT2D eigenvalue weighted by Crippen LogP contribution is 2.37. The third kappa shape index (κ3) is 3.09. The number of anilines is 1. The molecule has 2 heterocycles. The van der Waals surface area contributed by atoms with E-state index in [0.717, 1.165) is 6.54 Å². The molecule has 0 bridgehead atoms. The minimum Gasteiger partial charge on any atom is -0.477 e. The van der Waals surface area contributed by atoms with Gasteiger partial charge in [-0.3, -0.25) is 0 Å². The van der Waals surface area contributed by atoms with E-state index in [1.54, 1.807) is 0 Å². The number of carboxylic acid groups (broad SMARTS) is 1. The zero-order valence-electron chi connectivity index (χ0n) is 9.64. The molecule has 0 aliphatic carbocycles. The van der Waals surface area contributed by atoms with Crippen molar-refractivity contribution < 1.29 is 9.90 Å². The lowest BCUT2D eigenvalue weighted by Crippen LogP contribution is -2.27. The molecule has 0 saturated carbocycles. The Kier molecular flexibility index (Phi) is 3.51. The second-order valence-electron chi connectivity index (χ2n) is 4.33. The average Bonchev–Trinajstić information content (AvgIpc) is 2.75. The zero-order chi connectivity index (χ0) is 12.3. The van der Waals surface area contributed by atoms with Crippen LogP contribution in [0.2, 0.25) is 0 Å². The third-order valence-electron chi connectivity index (χ3n) is 2.80. The second kappa shape index (κ2) is 4.91. The summed E-state index contributed by atoms with van der Waals surface area (Å²) in [4.78, 5) is 18.7.